The molecular formula is C25H25F7N2O3. The van der Waals surface area contributed by atoms with Crippen LogP contribution in [0.25, 0.3) is 0 Å². The number of halogens is 7. The quantitative estimate of drug-likeness (QED) is 0.465. The Bertz CT molecular complexity index is 1110. The number of benzene rings is 2. The van der Waals surface area contributed by atoms with Crippen molar-refractivity contribution in [2.45, 2.75) is 57.1 Å². The highest BCUT2D eigenvalue weighted by molar-refractivity contribution is 5.95. The molecule has 5 nitrogen and oxygen atoms in total. The fraction of sp³-hybridized carbons (Fsp3) is 0.440. The number of nitrogens with zero attached hydrogens (tertiary/aromatic N) is 1. The number of amides is 2. The average molecular weight is 534 g/mol. The molecule has 0 aromatic heterocycles. The summed E-state index contributed by atoms with van der Waals surface area (Å²) < 4.78 is 98.3. The van der Waals surface area contributed by atoms with Gasteiger partial charge in [-0.15, -0.1) is 0 Å². The lowest BCUT2D eigenvalue weighted by atomic mass is 9.85. The van der Waals surface area contributed by atoms with Crippen LogP contribution in [0.5, 0.6) is 0 Å². The van der Waals surface area contributed by atoms with Crippen LogP contribution in [0.15, 0.2) is 42.5 Å². The first-order chi connectivity index (χ1) is 16.9. The number of ether oxygens (including phenoxy) is 1. The van der Waals surface area contributed by atoms with Crippen molar-refractivity contribution in [2.24, 2.45) is 0 Å². The topological polar surface area (TPSA) is 58.6 Å². The summed E-state index contributed by atoms with van der Waals surface area (Å²) in [6, 6.07) is 5.08. The monoisotopic (exact) mass is 534 g/mol. The molecule has 0 unspecified atom stereocenters. The first kappa shape index (κ1) is 28.3. The van der Waals surface area contributed by atoms with Crippen LogP contribution in [0.2, 0.25) is 0 Å². The molecule has 3 rings (SSSR count). The number of likely N-dealkylation sites (tertiary alicyclic amines) is 1. The van der Waals surface area contributed by atoms with E-state index in [1.165, 1.54) is 29.2 Å². The van der Waals surface area contributed by atoms with Gasteiger partial charge in [-0.2, -0.15) is 26.3 Å². The van der Waals surface area contributed by atoms with Gasteiger partial charge >= 0.3 is 18.4 Å². The maximum atomic E-state index is 13.5. The Morgan fingerprint density at radius 1 is 0.919 bits per heavy atom. The molecule has 1 fully saturated rings. The number of rotatable bonds is 3. The van der Waals surface area contributed by atoms with Crippen molar-refractivity contribution < 1.29 is 45.1 Å². The number of nitrogens with one attached hydrogen (secondary N) is 1. The summed E-state index contributed by atoms with van der Waals surface area (Å²) in [5, 5.41) is 2.52. The lowest BCUT2D eigenvalue weighted by Crippen LogP contribution is -2.52. The highest BCUT2D eigenvalue weighted by Crippen LogP contribution is 2.37. The second kappa shape index (κ2) is 10.2. The van der Waals surface area contributed by atoms with Crippen LogP contribution < -0.4 is 5.32 Å². The van der Waals surface area contributed by atoms with E-state index in [0.717, 1.165) is 0 Å². The van der Waals surface area contributed by atoms with Crippen molar-refractivity contribution in [1.82, 2.24) is 10.2 Å². The molecule has 2 aromatic rings. The Morgan fingerprint density at radius 2 is 1.46 bits per heavy atom. The normalized spacial score (nSPS) is 18.9. The molecule has 0 saturated carbocycles. The Balaban J connectivity index is 1.91. The van der Waals surface area contributed by atoms with Crippen molar-refractivity contribution in [1.29, 1.82) is 0 Å². The van der Waals surface area contributed by atoms with E-state index < -0.39 is 64.4 Å². The average Bonchev–Trinajstić information content (AvgIpc) is 2.77. The Kier molecular flexibility index (Phi) is 7.80. The van der Waals surface area contributed by atoms with E-state index in [9.17, 15) is 40.3 Å². The van der Waals surface area contributed by atoms with Crippen molar-refractivity contribution in [2.75, 3.05) is 13.1 Å². The fourth-order valence-electron chi connectivity index (χ4n) is 4.00. The largest absolute Gasteiger partial charge is 0.444 e. The van der Waals surface area contributed by atoms with Crippen LogP contribution in [0.4, 0.5) is 35.5 Å². The molecule has 0 radical (unpaired) electrons. The minimum Gasteiger partial charge on any atom is -0.444 e. The van der Waals surface area contributed by atoms with E-state index >= 15 is 0 Å². The lowest BCUT2D eigenvalue weighted by molar-refractivity contribution is -0.143. The van der Waals surface area contributed by atoms with Gasteiger partial charge in [-0.1, -0.05) is 12.1 Å². The van der Waals surface area contributed by atoms with E-state index in [0.29, 0.717) is 17.7 Å². The number of carbonyl (C=O) groups excluding carboxylic acids is 2. The Hall–Kier alpha value is -3.31. The van der Waals surface area contributed by atoms with Gasteiger partial charge in [-0.05, 0) is 63.1 Å². The van der Waals surface area contributed by atoms with Gasteiger partial charge in [0.05, 0.1) is 11.1 Å². The van der Waals surface area contributed by atoms with Gasteiger partial charge in [0, 0.05) is 30.6 Å². The molecule has 1 heterocycles. The van der Waals surface area contributed by atoms with Gasteiger partial charge in [0.2, 0.25) is 0 Å². The highest BCUT2D eigenvalue weighted by atomic mass is 19.4. The molecule has 202 valence electrons. The molecule has 2 aromatic carbocycles. The van der Waals surface area contributed by atoms with E-state index in [1.54, 1.807) is 20.8 Å². The van der Waals surface area contributed by atoms with Gasteiger partial charge in [-0.3, -0.25) is 4.79 Å². The van der Waals surface area contributed by atoms with Gasteiger partial charge < -0.3 is 15.0 Å². The van der Waals surface area contributed by atoms with E-state index in [-0.39, 0.29) is 25.6 Å². The smallest absolute Gasteiger partial charge is 0.416 e. The first-order valence-electron chi connectivity index (χ1n) is 11.3. The summed E-state index contributed by atoms with van der Waals surface area (Å²) in [6.45, 7) is 5.16. The zero-order chi connectivity index (χ0) is 27.8. The predicted molar refractivity (Wildman–Crippen MR) is 119 cm³/mol. The molecular weight excluding hydrogens is 509 g/mol. The summed E-state index contributed by atoms with van der Waals surface area (Å²) in [6.07, 6.45) is -10.7. The maximum Gasteiger partial charge on any atom is 0.416 e. The highest BCUT2D eigenvalue weighted by Gasteiger charge is 2.39. The van der Waals surface area contributed by atoms with Gasteiger partial charge in [-0.25, -0.2) is 9.18 Å². The third kappa shape index (κ3) is 7.36. The van der Waals surface area contributed by atoms with Crippen molar-refractivity contribution in [3.8, 4) is 0 Å². The minimum atomic E-state index is -5.11. The Labute approximate surface area is 208 Å². The number of piperidine rings is 1. The molecule has 2 atom stereocenters. The SMILES string of the molecule is CC(C)(C)OC(=O)N1CC[C@@H](NC(=O)c2cc(C(F)(F)F)cc(C(F)(F)F)c2)[C@H](c2ccc(F)cc2)C1. The summed E-state index contributed by atoms with van der Waals surface area (Å²) in [4.78, 5) is 26.9. The molecule has 12 heteroatoms. The van der Waals surface area contributed by atoms with Crippen LogP contribution in [-0.4, -0.2) is 41.6 Å². The van der Waals surface area contributed by atoms with E-state index in [4.69, 9.17) is 4.74 Å². The molecule has 1 saturated heterocycles. The van der Waals surface area contributed by atoms with Crippen molar-refractivity contribution in [3.63, 3.8) is 0 Å². The number of hydrogen-bond acceptors (Lipinski definition) is 3. The second-order valence-corrected chi connectivity index (χ2v) is 9.75. The molecule has 0 bridgehead atoms. The molecule has 2 amide bonds. The summed E-state index contributed by atoms with van der Waals surface area (Å²) in [5.41, 5.74) is -4.30. The third-order valence-electron chi connectivity index (χ3n) is 5.73. The van der Waals surface area contributed by atoms with Crippen molar-refractivity contribution in [3.05, 3.63) is 70.5 Å². The fourth-order valence-corrected chi connectivity index (χ4v) is 4.00. The lowest BCUT2D eigenvalue weighted by Gasteiger charge is -2.39. The van der Waals surface area contributed by atoms with Crippen LogP contribution in [0.1, 0.15) is 60.2 Å². The molecule has 1 N–H and O–H groups in total. The van der Waals surface area contributed by atoms with Crippen LogP contribution in [-0.2, 0) is 17.1 Å². The number of alkyl halides is 6. The molecule has 1 aliphatic rings. The van der Waals surface area contributed by atoms with Crippen LogP contribution >= 0.6 is 0 Å². The predicted octanol–water partition coefficient (Wildman–Crippen LogP) is 6.39. The minimum absolute atomic E-state index is 0.0158. The van der Waals surface area contributed by atoms with E-state index in [1.807, 2.05) is 0 Å². The zero-order valence-corrected chi connectivity index (χ0v) is 20.1. The first-order valence-corrected chi connectivity index (χ1v) is 11.3. The standard InChI is InChI=1S/C25H25F7N2O3/c1-23(2,3)37-22(36)34-9-8-20(19(13-34)14-4-6-18(26)7-5-14)33-21(35)15-10-16(24(27,28)29)12-17(11-15)25(30,31)32/h4-7,10-12,19-20H,8-9,13H2,1-3H3,(H,33,35)/t19-,20+/m0/s1. The second-order valence-electron chi connectivity index (χ2n) is 9.75. The van der Waals surface area contributed by atoms with Gasteiger partial charge in [0.1, 0.15) is 11.4 Å². The zero-order valence-electron chi connectivity index (χ0n) is 20.1. The summed E-state index contributed by atoms with van der Waals surface area (Å²) in [7, 11) is 0. The maximum absolute atomic E-state index is 13.5. The Morgan fingerprint density at radius 3 is 1.95 bits per heavy atom. The number of hydrogen-bond donors (Lipinski definition) is 1. The van der Waals surface area contributed by atoms with Crippen LogP contribution in [0.3, 0.4) is 0 Å². The van der Waals surface area contributed by atoms with Crippen LogP contribution in [0, 0.1) is 5.82 Å². The van der Waals surface area contributed by atoms with Gasteiger partial charge in [0.15, 0.2) is 0 Å². The molecule has 0 spiro atoms. The molecule has 1 aliphatic heterocycles. The molecule has 37 heavy (non-hydrogen) atoms. The third-order valence-corrected chi connectivity index (χ3v) is 5.73. The van der Waals surface area contributed by atoms with Gasteiger partial charge in [0.25, 0.3) is 5.91 Å². The number of carbonyl (C=O) groups is 2. The molecule has 0 aliphatic carbocycles. The van der Waals surface area contributed by atoms with Crippen molar-refractivity contribution >= 4 is 12.0 Å². The summed E-state index contributed by atoms with van der Waals surface area (Å²) >= 11 is 0. The summed E-state index contributed by atoms with van der Waals surface area (Å²) in [5.74, 6) is -2.31. The van der Waals surface area contributed by atoms with E-state index in [2.05, 4.69) is 5.32 Å².